The number of benzene rings is 1. The molecule has 84 valence electrons. The van der Waals surface area contributed by atoms with E-state index in [0.29, 0.717) is 12.4 Å². The van der Waals surface area contributed by atoms with Crippen molar-refractivity contribution in [1.29, 1.82) is 0 Å². The average Bonchev–Trinajstić information content (AvgIpc) is 2.20. The molecule has 0 unspecified atom stereocenters. The van der Waals surface area contributed by atoms with Gasteiger partial charge in [0.2, 0.25) is 0 Å². The van der Waals surface area contributed by atoms with Crippen LogP contribution in [-0.2, 0) is 4.74 Å². The maximum atomic E-state index is 9.65. The summed E-state index contributed by atoms with van der Waals surface area (Å²) in [4.78, 5) is 9.65. The van der Waals surface area contributed by atoms with Crippen molar-refractivity contribution in [2.24, 2.45) is 0 Å². The number of carboxylic acid groups (broad SMARTS) is 1. The number of rotatable bonds is 3. The van der Waals surface area contributed by atoms with Crippen molar-refractivity contribution in [3.63, 3.8) is 0 Å². The van der Waals surface area contributed by atoms with Crippen LogP contribution in [0.1, 0.15) is 19.8 Å². The lowest BCUT2D eigenvalue weighted by atomic mass is 10.3. The molecular weight excluding hydrogens is 196 g/mol. The summed E-state index contributed by atoms with van der Waals surface area (Å²) in [6.45, 7) is 2.30. The minimum Gasteiger partial charge on any atom is -0.508 e. The van der Waals surface area contributed by atoms with Gasteiger partial charge < -0.3 is 14.9 Å². The quantitative estimate of drug-likeness (QED) is 0.597. The molecule has 0 aliphatic carbocycles. The minimum absolute atomic E-state index is 0.322. The lowest BCUT2D eigenvalue weighted by Gasteiger charge is -1.94. The molecule has 1 aromatic carbocycles. The van der Waals surface area contributed by atoms with Crippen LogP contribution in [0.4, 0.5) is 4.79 Å². The van der Waals surface area contributed by atoms with Crippen molar-refractivity contribution in [3.8, 4) is 5.75 Å². The Labute approximate surface area is 89.1 Å². The molecule has 4 heteroatoms. The molecule has 0 heterocycles. The maximum Gasteiger partial charge on any atom is 0.505 e. The lowest BCUT2D eigenvalue weighted by molar-refractivity contribution is 0.0905. The average molecular weight is 212 g/mol. The predicted molar refractivity (Wildman–Crippen MR) is 57.0 cm³/mol. The summed E-state index contributed by atoms with van der Waals surface area (Å²) in [5.41, 5.74) is 0. The highest BCUT2D eigenvalue weighted by Crippen LogP contribution is 2.02. The Kier molecular flexibility index (Phi) is 7.86. The molecule has 0 fully saturated rings. The molecule has 0 radical (unpaired) electrons. The van der Waals surface area contributed by atoms with E-state index in [1.54, 1.807) is 24.3 Å². The van der Waals surface area contributed by atoms with Gasteiger partial charge in [0, 0.05) is 0 Å². The summed E-state index contributed by atoms with van der Waals surface area (Å²) in [7, 11) is 0. The van der Waals surface area contributed by atoms with Gasteiger partial charge in [-0.05, 0) is 18.6 Å². The highest BCUT2D eigenvalue weighted by Gasteiger charge is 1.91. The number of carbonyl (C=O) groups is 1. The van der Waals surface area contributed by atoms with E-state index in [4.69, 9.17) is 10.2 Å². The Hall–Kier alpha value is -1.71. The molecule has 1 rings (SSSR count). The molecule has 0 saturated carbocycles. The number of hydrogen-bond acceptors (Lipinski definition) is 3. The highest BCUT2D eigenvalue weighted by atomic mass is 16.7. The first kappa shape index (κ1) is 13.3. The third-order valence-corrected chi connectivity index (χ3v) is 1.48. The predicted octanol–water partition coefficient (Wildman–Crippen LogP) is 2.87. The van der Waals surface area contributed by atoms with Crippen molar-refractivity contribution in [2.45, 2.75) is 19.8 Å². The minimum atomic E-state index is -1.18. The van der Waals surface area contributed by atoms with Gasteiger partial charge in [0.1, 0.15) is 5.75 Å². The highest BCUT2D eigenvalue weighted by molar-refractivity contribution is 5.56. The first-order chi connectivity index (χ1) is 7.16. The van der Waals surface area contributed by atoms with Crippen LogP contribution < -0.4 is 0 Å². The molecule has 0 aliphatic rings. The van der Waals surface area contributed by atoms with E-state index < -0.39 is 6.16 Å². The van der Waals surface area contributed by atoms with Crippen molar-refractivity contribution >= 4 is 6.16 Å². The van der Waals surface area contributed by atoms with E-state index >= 15 is 0 Å². The molecule has 0 bridgehead atoms. The summed E-state index contributed by atoms with van der Waals surface area (Å²) in [6, 6.07) is 8.71. The molecule has 1 aromatic rings. The molecule has 0 saturated heterocycles. The summed E-state index contributed by atoms with van der Waals surface area (Å²) in [6.07, 6.45) is 0.595. The first-order valence-electron chi connectivity index (χ1n) is 4.76. The van der Waals surface area contributed by atoms with Gasteiger partial charge in [0.15, 0.2) is 0 Å². The second kappa shape index (κ2) is 8.87. The SMILES string of the molecule is CCCCOC(=O)O.Oc1ccccc1. The summed E-state index contributed by atoms with van der Waals surface area (Å²) < 4.78 is 4.20. The fourth-order valence-electron chi connectivity index (χ4n) is 0.732. The van der Waals surface area contributed by atoms with Crippen molar-refractivity contribution in [1.82, 2.24) is 0 Å². The third-order valence-electron chi connectivity index (χ3n) is 1.48. The molecule has 0 aromatic heterocycles. The van der Waals surface area contributed by atoms with Gasteiger partial charge >= 0.3 is 6.16 Å². The molecule has 15 heavy (non-hydrogen) atoms. The van der Waals surface area contributed by atoms with Gasteiger partial charge in [-0.2, -0.15) is 0 Å². The van der Waals surface area contributed by atoms with Crippen molar-refractivity contribution in [2.75, 3.05) is 6.61 Å². The van der Waals surface area contributed by atoms with Crippen LogP contribution in [-0.4, -0.2) is 23.0 Å². The Bertz CT molecular complexity index is 259. The second-order valence-electron chi connectivity index (χ2n) is 2.80. The van der Waals surface area contributed by atoms with Gasteiger partial charge in [-0.15, -0.1) is 0 Å². The summed E-state index contributed by atoms with van der Waals surface area (Å²) in [5.74, 6) is 0.322. The van der Waals surface area contributed by atoms with E-state index in [9.17, 15) is 4.79 Å². The Morgan fingerprint density at radius 2 is 1.93 bits per heavy atom. The summed E-state index contributed by atoms with van der Waals surface area (Å²) >= 11 is 0. The van der Waals surface area contributed by atoms with Crippen LogP contribution in [0, 0.1) is 0 Å². The zero-order valence-corrected chi connectivity index (χ0v) is 8.72. The fourth-order valence-corrected chi connectivity index (χ4v) is 0.732. The van der Waals surface area contributed by atoms with Crippen LogP contribution in [0.2, 0.25) is 0 Å². The molecular formula is C11H16O4. The largest absolute Gasteiger partial charge is 0.508 e. The van der Waals surface area contributed by atoms with Gasteiger partial charge in [0.05, 0.1) is 6.61 Å². The number of hydrogen-bond donors (Lipinski definition) is 2. The van der Waals surface area contributed by atoms with E-state index in [2.05, 4.69) is 4.74 Å². The molecule has 0 amide bonds. The number of phenolic OH excluding ortho intramolecular Hbond substituents is 1. The van der Waals surface area contributed by atoms with Crippen molar-refractivity contribution in [3.05, 3.63) is 30.3 Å². The van der Waals surface area contributed by atoms with Gasteiger partial charge in [-0.3, -0.25) is 0 Å². The van der Waals surface area contributed by atoms with Gasteiger partial charge in [-0.25, -0.2) is 4.79 Å². The van der Waals surface area contributed by atoms with Gasteiger partial charge in [0.25, 0.3) is 0 Å². The smallest absolute Gasteiger partial charge is 0.505 e. The topological polar surface area (TPSA) is 66.8 Å². The third kappa shape index (κ3) is 10.2. The van der Waals surface area contributed by atoms with Crippen LogP contribution in [0.15, 0.2) is 30.3 Å². The number of unbranched alkanes of at least 4 members (excludes halogenated alkanes) is 1. The fraction of sp³-hybridized carbons (Fsp3) is 0.364. The lowest BCUT2D eigenvalue weighted by Crippen LogP contribution is -2.00. The van der Waals surface area contributed by atoms with Gasteiger partial charge in [-0.1, -0.05) is 31.5 Å². The zero-order valence-electron chi connectivity index (χ0n) is 8.72. The van der Waals surface area contributed by atoms with E-state index in [1.807, 2.05) is 13.0 Å². The Morgan fingerprint density at radius 1 is 1.33 bits per heavy atom. The molecule has 0 aliphatic heterocycles. The first-order valence-corrected chi connectivity index (χ1v) is 4.76. The van der Waals surface area contributed by atoms with Crippen LogP contribution in [0.5, 0.6) is 5.75 Å². The Balaban J connectivity index is 0.000000262. The molecule has 2 N–H and O–H groups in total. The van der Waals surface area contributed by atoms with Crippen LogP contribution in [0.3, 0.4) is 0 Å². The van der Waals surface area contributed by atoms with E-state index in [-0.39, 0.29) is 0 Å². The van der Waals surface area contributed by atoms with Crippen LogP contribution >= 0.6 is 0 Å². The van der Waals surface area contributed by atoms with Crippen LogP contribution in [0.25, 0.3) is 0 Å². The van der Waals surface area contributed by atoms with E-state index in [1.165, 1.54) is 0 Å². The number of aromatic hydroxyl groups is 1. The van der Waals surface area contributed by atoms with E-state index in [0.717, 1.165) is 12.8 Å². The number of ether oxygens (including phenoxy) is 1. The monoisotopic (exact) mass is 212 g/mol. The molecule has 0 spiro atoms. The zero-order chi connectivity index (χ0) is 11.5. The number of para-hydroxylation sites is 1. The standard InChI is InChI=1S/C6H6O.C5H10O3/c7-6-4-2-1-3-5-6;1-2-3-4-8-5(6)7/h1-5,7H;2-4H2,1H3,(H,6,7). The van der Waals surface area contributed by atoms with Crippen molar-refractivity contribution < 1.29 is 19.7 Å². The number of phenols is 1. The Morgan fingerprint density at radius 3 is 2.27 bits per heavy atom. The normalized spacial score (nSPS) is 8.60. The summed E-state index contributed by atoms with van der Waals surface area (Å²) in [5, 5.41) is 16.6. The molecule has 4 nitrogen and oxygen atoms in total. The molecule has 0 atom stereocenters. The second-order valence-corrected chi connectivity index (χ2v) is 2.80. The maximum absolute atomic E-state index is 9.65.